The second-order valence-corrected chi connectivity index (χ2v) is 6.74. The minimum Gasteiger partial charge on any atom is -0.376 e. The van der Waals surface area contributed by atoms with Crippen molar-refractivity contribution in [2.24, 2.45) is 5.92 Å². The summed E-state index contributed by atoms with van der Waals surface area (Å²) in [5.74, 6) is 0.566. The average molecular weight is 335 g/mol. The molecule has 0 aromatic carbocycles. The van der Waals surface area contributed by atoms with E-state index in [4.69, 9.17) is 4.74 Å². The van der Waals surface area contributed by atoms with E-state index in [1.54, 1.807) is 6.08 Å². The lowest BCUT2D eigenvalue weighted by Gasteiger charge is -2.24. The van der Waals surface area contributed by atoms with Gasteiger partial charge in [0.05, 0.1) is 18.2 Å². The monoisotopic (exact) mass is 335 g/mol. The molecule has 2 aliphatic carbocycles. The molecule has 0 heterocycles. The Balaban J connectivity index is 2.34. The van der Waals surface area contributed by atoms with Gasteiger partial charge in [-0.3, -0.25) is 0 Å². The molecule has 0 bridgehead atoms. The van der Waals surface area contributed by atoms with Gasteiger partial charge in [0, 0.05) is 12.2 Å². The molecule has 0 aliphatic heterocycles. The first kappa shape index (κ1) is 19.2. The van der Waals surface area contributed by atoms with Crippen LogP contribution in [-0.4, -0.2) is 13.2 Å². The van der Waals surface area contributed by atoms with Gasteiger partial charge in [-0.15, -0.1) is 0 Å². The molecule has 0 saturated carbocycles. The van der Waals surface area contributed by atoms with Crippen LogP contribution < -0.4 is 0 Å². The lowest BCUT2D eigenvalue weighted by Crippen LogP contribution is -2.12. The molecule has 0 radical (unpaired) electrons. The van der Waals surface area contributed by atoms with E-state index in [9.17, 15) is 5.26 Å². The quantitative estimate of drug-likeness (QED) is 0.404. The molecule has 0 atom stereocenters. The van der Waals surface area contributed by atoms with Crippen LogP contribution in [0.5, 0.6) is 0 Å². The number of nitrogens with zero attached hydrogens (tertiary/aromatic N) is 1. The van der Waals surface area contributed by atoms with Crippen LogP contribution in [0, 0.1) is 17.2 Å². The van der Waals surface area contributed by atoms with Gasteiger partial charge in [-0.2, -0.15) is 5.26 Å². The third kappa shape index (κ3) is 4.50. The second-order valence-electron chi connectivity index (χ2n) is 6.74. The number of hydrogen-bond acceptors (Lipinski definition) is 2. The summed E-state index contributed by atoms with van der Waals surface area (Å²) in [4.78, 5) is 0. The standard InChI is InChI=1S/C23H29NO/c1-5-8-11-21-17(4)13-19-10-9-12-22(19)23(21)20(14-24)16-25-15-18(6-2)7-3/h5,8-11,18H,1,6-7,12-13,15-16H2,2-4H3/b11-8-,23-20-. The zero-order chi connectivity index (χ0) is 18.2. The molecule has 132 valence electrons. The largest absolute Gasteiger partial charge is 0.376 e. The van der Waals surface area contributed by atoms with Crippen LogP contribution in [0.25, 0.3) is 0 Å². The highest BCUT2D eigenvalue weighted by molar-refractivity contribution is 5.66. The van der Waals surface area contributed by atoms with Crippen LogP contribution in [-0.2, 0) is 4.74 Å². The lowest BCUT2D eigenvalue weighted by molar-refractivity contribution is 0.116. The summed E-state index contributed by atoms with van der Waals surface area (Å²) in [6, 6.07) is 2.42. The highest BCUT2D eigenvalue weighted by atomic mass is 16.5. The van der Waals surface area contributed by atoms with Gasteiger partial charge in [0.2, 0.25) is 0 Å². The number of rotatable bonds is 8. The molecule has 0 unspecified atom stereocenters. The molecule has 2 aliphatic rings. The van der Waals surface area contributed by atoms with Gasteiger partial charge in [-0.05, 0) is 42.4 Å². The minimum atomic E-state index is 0.387. The fourth-order valence-electron chi connectivity index (χ4n) is 3.48. The average Bonchev–Trinajstić information content (AvgIpc) is 3.08. The van der Waals surface area contributed by atoms with Crippen molar-refractivity contribution in [3.63, 3.8) is 0 Å². The molecule has 2 rings (SSSR count). The Labute approximate surface area is 152 Å². The summed E-state index contributed by atoms with van der Waals surface area (Å²) < 4.78 is 5.93. The fourth-order valence-corrected chi connectivity index (χ4v) is 3.48. The first-order valence-electron chi connectivity index (χ1n) is 9.25. The van der Waals surface area contributed by atoms with Gasteiger partial charge in [0.1, 0.15) is 0 Å². The van der Waals surface area contributed by atoms with Crippen LogP contribution in [0.1, 0.15) is 46.5 Å². The first-order valence-corrected chi connectivity index (χ1v) is 9.25. The second kappa shape index (κ2) is 9.39. The Morgan fingerprint density at radius 2 is 2.16 bits per heavy atom. The van der Waals surface area contributed by atoms with Gasteiger partial charge in [-0.1, -0.05) is 69.2 Å². The predicted molar refractivity (Wildman–Crippen MR) is 105 cm³/mol. The topological polar surface area (TPSA) is 33.0 Å². The number of nitriles is 1. The Hall–Kier alpha value is -2.11. The Kier molecular flexibility index (Phi) is 7.22. The van der Waals surface area contributed by atoms with Gasteiger partial charge in [-0.25, -0.2) is 0 Å². The predicted octanol–water partition coefficient (Wildman–Crippen LogP) is 5.98. The molecule has 0 spiro atoms. The Bertz CT molecular complexity index is 703. The van der Waals surface area contributed by atoms with Gasteiger partial charge >= 0.3 is 0 Å². The van der Waals surface area contributed by atoms with Crippen molar-refractivity contribution >= 4 is 0 Å². The van der Waals surface area contributed by atoms with Crippen LogP contribution in [0.15, 0.2) is 70.4 Å². The van der Waals surface area contributed by atoms with Crippen LogP contribution in [0.4, 0.5) is 0 Å². The van der Waals surface area contributed by atoms with Crippen molar-refractivity contribution in [1.82, 2.24) is 0 Å². The number of allylic oxidation sites excluding steroid dienone is 10. The maximum Gasteiger partial charge on any atom is 0.0978 e. The molecule has 0 fully saturated rings. The van der Waals surface area contributed by atoms with E-state index in [2.05, 4.69) is 51.6 Å². The van der Waals surface area contributed by atoms with Crippen molar-refractivity contribution in [2.75, 3.05) is 13.2 Å². The number of hydrogen-bond donors (Lipinski definition) is 0. The molecule has 25 heavy (non-hydrogen) atoms. The van der Waals surface area contributed by atoms with Gasteiger partial charge < -0.3 is 4.74 Å². The van der Waals surface area contributed by atoms with Crippen LogP contribution in [0.2, 0.25) is 0 Å². The summed E-state index contributed by atoms with van der Waals surface area (Å²) in [5.41, 5.74) is 6.91. The fraction of sp³-hybridized carbons (Fsp3) is 0.435. The van der Waals surface area contributed by atoms with Crippen molar-refractivity contribution in [2.45, 2.75) is 46.5 Å². The summed E-state index contributed by atoms with van der Waals surface area (Å²) in [6.07, 6.45) is 14.3. The van der Waals surface area contributed by atoms with Crippen LogP contribution in [0.3, 0.4) is 0 Å². The van der Waals surface area contributed by atoms with Crippen molar-refractivity contribution in [3.8, 4) is 6.07 Å². The normalized spacial score (nSPS) is 19.0. The van der Waals surface area contributed by atoms with Crippen molar-refractivity contribution < 1.29 is 4.74 Å². The highest BCUT2D eigenvalue weighted by Gasteiger charge is 2.25. The molecule has 0 amide bonds. The third-order valence-corrected chi connectivity index (χ3v) is 5.11. The number of ether oxygens (including phenoxy) is 1. The van der Waals surface area contributed by atoms with E-state index in [0.717, 1.165) is 49.0 Å². The van der Waals surface area contributed by atoms with E-state index < -0.39 is 0 Å². The molecule has 0 aromatic rings. The molecule has 2 heteroatoms. The van der Waals surface area contributed by atoms with Gasteiger partial charge in [0.25, 0.3) is 0 Å². The zero-order valence-electron chi connectivity index (χ0n) is 15.8. The Morgan fingerprint density at radius 3 is 2.80 bits per heavy atom. The molecule has 0 aromatic heterocycles. The summed E-state index contributed by atoms with van der Waals surface area (Å²) >= 11 is 0. The molecular weight excluding hydrogens is 306 g/mol. The summed E-state index contributed by atoms with van der Waals surface area (Å²) in [6.45, 7) is 11.4. The van der Waals surface area contributed by atoms with E-state index in [-0.39, 0.29) is 0 Å². The maximum atomic E-state index is 9.81. The third-order valence-electron chi connectivity index (χ3n) is 5.11. The van der Waals surface area contributed by atoms with Gasteiger partial charge in [0.15, 0.2) is 0 Å². The molecule has 0 saturated heterocycles. The highest BCUT2D eigenvalue weighted by Crippen LogP contribution is 2.41. The van der Waals surface area contributed by atoms with Crippen molar-refractivity contribution in [3.05, 3.63) is 70.4 Å². The van der Waals surface area contributed by atoms with Crippen LogP contribution >= 0.6 is 0 Å². The Morgan fingerprint density at radius 1 is 1.40 bits per heavy atom. The molecular formula is C23H29NO. The van der Waals surface area contributed by atoms with E-state index in [0.29, 0.717) is 12.5 Å². The summed E-state index contributed by atoms with van der Waals surface area (Å²) in [5, 5.41) is 9.81. The van der Waals surface area contributed by atoms with Crippen molar-refractivity contribution in [1.29, 1.82) is 5.26 Å². The molecule has 0 N–H and O–H groups in total. The van der Waals surface area contributed by atoms with E-state index in [1.165, 1.54) is 16.7 Å². The van der Waals surface area contributed by atoms with E-state index in [1.807, 2.05) is 6.08 Å². The SMILES string of the molecule is C=C/C=C\C1=C(C)CC2=C(CC=C2)/C1=C(/C#N)COCC(CC)CC. The molecule has 2 nitrogen and oxygen atoms in total. The summed E-state index contributed by atoms with van der Waals surface area (Å²) in [7, 11) is 0. The lowest BCUT2D eigenvalue weighted by atomic mass is 9.81. The zero-order valence-corrected chi connectivity index (χ0v) is 15.8. The van der Waals surface area contributed by atoms with E-state index >= 15 is 0 Å². The minimum absolute atomic E-state index is 0.387. The maximum absolute atomic E-state index is 9.81. The smallest absolute Gasteiger partial charge is 0.0978 e. The first-order chi connectivity index (χ1) is 12.2.